The van der Waals surface area contributed by atoms with Crippen LogP contribution in [0.1, 0.15) is 13.3 Å². The van der Waals surface area contributed by atoms with Crippen molar-refractivity contribution in [2.24, 2.45) is 0 Å². The molecule has 25 heavy (non-hydrogen) atoms. The first-order chi connectivity index (χ1) is 11.7. The minimum atomic E-state index is -3.08. The lowest BCUT2D eigenvalue weighted by atomic mass is 10.3. The zero-order valence-corrected chi connectivity index (χ0v) is 15.2. The highest BCUT2D eigenvalue weighted by Gasteiger charge is 2.29. The Kier molecular flexibility index (Phi) is 6.43. The van der Waals surface area contributed by atoms with Gasteiger partial charge in [0.1, 0.15) is 0 Å². The van der Waals surface area contributed by atoms with Crippen molar-refractivity contribution in [2.75, 3.05) is 22.6 Å². The van der Waals surface area contributed by atoms with Crippen LogP contribution in [-0.4, -0.2) is 49.6 Å². The molecule has 0 radical (unpaired) electrons. The molecule has 1 saturated heterocycles. The summed E-state index contributed by atoms with van der Waals surface area (Å²) in [5.41, 5.74) is 0.659. The lowest BCUT2D eigenvalue weighted by Gasteiger charge is -2.11. The number of rotatable bonds is 5. The van der Waals surface area contributed by atoms with E-state index in [4.69, 9.17) is 0 Å². The van der Waals surface area contributed by atoms with Crippen LogP contribution in [0.25, 0.3) is 0 Å². The third-order valence-corrected chi connectivity index (χ3v) is 6.15. The molecule has 1 unspecified atom stereocenters. The maximum atomic E-state index is 11.8. The first-order valence-corrected chi connectivity index (χ1v) is 10.4. The summed E-state index contributed by atoms with van der Waals surface area (Å²) < 4.78 is 22.6. The van der Waals surface area contributed by atoms with Crippen LogP contribution in [0.15, 0.2) is 29.2 Å². The van der Waals surface area contributed by atoms with E-state index in [1.54, 1.807) is 24.3 Å². The van der Waals surface area contributed by atoms with Crippen molar-refractivity contribution in [3.05, 3.63) is 24.3 Å². The van der Waals surface area contributed by atoms with Gasteiger partial charge in [-0.2, -0.15) is 0 Å². The van der Waals surface area contributed by atoms with Crippen LogP contribution in [-0.2, 0) is 19.4 Å². The first kappa shape index (κ1) is 19.3. The molecule has 136 valence electrons. The summed E-state index contributed by atoms with van der Waals surface area (Å²) in [5, 5.41) is 7.31. The molecule has 4 amide bonds. The van der Waals surface area contributed by atoms with Gasteiger partial charge in [0.15, 0.2) is 9.84 Å². The monoisotopic (exact) mass is 385 g/mol. The molecule has 0 spiro atoms. The van der Waals surface area contributed by atoms with Crippen molar-refractivity contribution in [1.82, 2.24) is 10.6 Å². The van der Waals surface area contributed by atoms with E-state index in [1.807, 2.05) is 0 Å². The first-order valence-electron chi connectivity index (χ1n) is 7.55. The number of sulfone groups is 1. The van der Waals surface area contributed by atoms with Crippen molar-refractivity contribution in [3.63, 3.8) is 0 Å². The van der Waals surface area contributed by atoms with Crippen molar-refractivity contribution in [1.29, 1.82) is 0 Å². The van der Waals surface area contributed by atoms with Gasteiger partial charge in [-0.1, -0.05) is 0 Å². The lowest BCUT2D eigenvalue weighted by molar-refractivity contribution is -0.117. The van der Waals surface area contributed by atoms with E-state index in [9.17, 15) is 22.8 Å². The minimum absolute atomic E-state index is 0.0376. The predicted molar refractivity (Wildman–Crippen MR) is 95.2 cm³/mol. The van der Waals surface area contributed by atoms with Gasteiger partial charge in [0.05, 0.1) is 17.3 Å². The molecular weight excluding hydrogens is 366 g/mol. The van der Waals surface area contributed by atoms with Crippen molar-refractivity contribution >= 4 is 45.1 Å². The summed E-state index contributed by atoms with van der Waals surface area (Å²) in [6.45, 7) is 1.42. The van der Waals surface area contributed by atoms with Crippen LogP contribution in [0, 0.1) is 0 Å². The van der Waals surface area contributed by atoms with Gasteiger partial charge in [-0.25, -0.2) is 13.2 Å². The molecule has 1 atom stereocenters. The molecule has 0 saturated carbocycles. The number of imide groups is 1. The third-order valence-electron chi connectivity index (χ3n) is 3.37. The molecule has 0 bridgehead atoms. The molecule has 3 N–H and O–H groups in total. The Balaban J connectivity index is 1.73. The number of anilines is 1. The molecule has 0 aliphatic carbocycles. The maximum absolute atomic E-state index is 11.8. The van der Waals surface area contributed by atoms with E-state index in [2.05, 4.69) is 16.0 Å². The number of thioether (sulfide) groups is 1. The molecule has 8 nitrogen and oxygen atoms in total. The second-order valence-corrected chi connectivity index (χ2v) is 8.89. The SMILES string of the molecule is CC(=O)Nc1ccc(SCC(=O)NC(=O)NC2CCS(=O)(=O)C2)cc1. The van der Waals surface area contributed by atoms with E-state index in [1.165, 1.54) is 18.7 Å². The van der Waals surface area contributed by atoms with Crippen LogP contribution in [0.3, 0.4) is 0 Å². The zero-order chi connectivity index (χ0) is 18.4. The van der Waals surface area contributed by atoms with Gasteiger partial charge in [-0.15, -0.1) is 11.8 Å². The van der Waals surface area contributed by atoms with E-state index in [-0.39, 0.29) is 23.2 Å². The number of carbonyl (C=O) groups is 3. The van der Waals surface area contributed by atoms with Crippen LogP contribution in [0.2, 0.25) is 0 Å². The van der Waals surface area contributed by atoms with E-state index >= 15 is 0 Å². The number of urea groups is 1. The molecule has 1 aromatic carbocycles. The maximum Gasteiger partial charge on any atom is 0.321 e. The summed E-state index contributed by atoms with van der Waals surface area (Å²) >= 11 is 1.24. The number of carbonyl (C=O) groups excluding carboxylic acids is 3. The Bertz CT molecular complexity index is 762. The largest absolute Gasteiger partial charge is 0.334 e. The molecule has 10 heteroatoms. The Labute approximate surface area is 150 Å². The number of hydrogen-bond donors (Lipinski definition) is 3. The Hall–Kier alpha value is -2.07. The van der Waals surface area contributed by atoms with Gasteiger partial charge in [-0.3, -0.25) is 14.9 Å². The number of amides is 4. The van der Waals surface area contributed by atoms with Crippen molar-refractivity contribution in [3.8, 4) is 0 Å². The standard InChI is InChI=1S/C15H19N3O5S2/c1-10(19)16-11-2-4-13(5-3-11)24-8-14(20)18-15(21)17-12-6-7-25(22,23)9-12/h2-5,12H,6-9H2,1H3,(H,16,19)(H2,17,18,20,21). The van der Waals surface area contributed by atoms with Gasteiger partial charge in [0.25, 0.3) is 0 Å². The van der Waals surface area contributed by atoms with Gasteiger partial charge in [-0.05, 0) is 30.7 Å². The molecule has 0 aromatic heterocycles. The Morgan fingerprint density at radius 3 is 2.44 bits per heavy atom. The van der Waals surface area contributed by atoms with Crippen LogP contribution in [0.4, 0.5) is 10.5 Å². The Morgan fingerprint density at radius 1 is 1.20 bits per heavy atom. The summed E-state index contributed by atoms with van der Waals surface area (Å²) in [6.07, 6.45) is 0.360. The van der Waals surface area contributed by atoms with E-state index < -0.39 is 27.8 Å². The predicted octanol–water partition coefficient (Wildman–Crippen LogP) is 0.750. The molecule has 1 heterocycles. The van der Waals surface area contributed by atoms with Crippen molar-refractivity contribution in [2.45, 2.75) is 24.3 Å². The summed E-state index contributed by atoms with van der Waals surface area (Å²) in [7, 11) is -3.08. The number of benzene rings is 1. The van der Waals surface area contributed by atoms with Crippen LogP contribution in [0.5, 0.6) is 0 Å². The molecule has 1 aliphatic heterocycles. The van der Waals surface area contributed by atoms with E-state index in [0.29, 0.717) is 12.1 Å². The smallest absolute Gasteiger partial charge is 0.321 e. The second-order valence-electron chi connectivity index (χ2n) is 5.62. The fourth-order valence-corrected chi connectivity index (χ4v) is 4.65. The number of nitrogens with one attached hydrogen (secondary N) is 3. The normalized spacial score (nSPS) is 18.4. The highest BCUT2D eigenvalue weighted by molar-refractivity contribution is 8.00. The summed E-state index contributed by atoms with van der Waals surface area (Å²) in [6, 6.07) is 5.81. The van der Waals surface area contributed by atoms with Gasteiger partial charge in [0.2, 0.25) is 11.8 Å². The second kappa shape index (κ2) is 8.34. The molecule has 2 rings (SSSR count). The number of hydrogen-bond acceptors (Lipinski definition) is 6. The quantitative estimate of drug-likeness (QED) is 0.643. The highest BCUT2D eigenvalue weighted by Crippen LogP contribution is 2.20. The average molecular weight is 385 g/mol. The van der Waals surface area contributed by atoms with E-state index in [0.717, 1.165) is 4.90 Å². The fourth-order valence-electron chi connectivity index (χ4n) is 2.28. The van der Waals surface area contributed by atoms with Gasteiger partial charge in [0, 0.05) is 23.5 Å². The fraction of sp³-hybridized carbons (Fsp3) is 0.400. The van der Waals surface area contributed by atoms with Gasteiger partial charge >= 0.3 is 6.03 Å². The Morgan fingerprint density at radius 2 is 1.88 bits per heavy atom. The summed E-state index contributed by atoms with van der Waals surface area (Å²) in [5.74, 6) is -0.647. The molecule has 1 fully saturated rings. The lowest BCUT2D eigenvalue weighted by Crippen LogP contribution is -2.45. The van der Waals surface area contributed by atoms with Crippen LogP contribution >= 0.6 is 11.8 Å². The van der Waals surface area contributed by atoms with Crippen molar-refractivity contribution < 1.29 is 22.8 Å². The molecule has 1 aromatic rings. The topological polar surface area (TPSA) is 121 Å². The van der Waals surface area contributed by atoms with Crippen LogP contribution < -0.4 is 16.0 Å². The van der Waals surface area contributed by atoms with Gasteiger partial charge < -0.3 is 10.6 Å². The minimum Gasteiger partial charge on any atom is -0.334 e. The summed E-state index contributed by atoms with van der Waals surface area (Å²) in [4.78, 5) is 35.2. The average Bonchev–Trinajstić information content (AvgIpc) is 2.84. The zero-order valence-electron chi connectivity index (χ0n) is 13.6. The highest BCUT2D eigenvalue weighted by atomic mass is 32.2. The molecule has 1 aliphatic rings. The molecular formula is C15H19N3O5S2. The third kappa shape index (κ3) is 6.75.